The molecule has 1 N–H and O–H groups in total. The van der Waals surface area contributed by atoms with Gasteiger partial charge in [-0.3, -0.25) is 0 Å². The van der Waals surface area contributed by atoms with E-state index in [2.05, 4.69) is 21.8 Å². The Morgan fingerprint density at radius 1 is 1.40 bits per heavy atom. The first-order valence-corrected chi connectivity index (χ1v) is 5.97. The fourth-order valence-corrected chi connectivity index (χ4v) is 2.71. The Labute approximate surface area is 99.3 Å². The third kappa shape index (κ3) is 2.11. The van der Waals surface area contributed by atoms with Crippen LogP contribution in [0.1, 0.15) is 10.5 Å². The van der Waals surface area contributed by atoms with Crippen molar-refractivity contribution in [2.45, 2.75) is 0 Å². The Kier molecular flexibility index (Phi) is 2.89. The van der Waals surface area contributed by atoms with E-state index in [4.69, 9.17) is 5.11 Å². The molecule has 1 aromatic heterocycles. The maximum absolute atomic E-state index is 10.7. The van der Waals surface area contributed by atoms with E-state index in [1.807, 2.05) is 24.3 Å². The third-order valence-electron chi connectivity index (χ3n) is 1.86. The van der Waals surface area contributed by atoms with Gasteiger partial charge in [-0.25, -0.2) is 0 Å². The van der Waals surface area contributed by atoms with Crippen LogP contribution in [0.4, 0.5) is 0 Å². The van der Waals surface area contributed by atoms with Crippen molar-refractivity contribution >= 4 is 38.5 Å². The van der Waals surface area contributed by atoms with Crippen LogP contribution in [-0.2, 0) is 0 Å². The van der Waals surface area contributed by atoms with Gasteiger partial charge in [0.15, 0.2) is 0 Å². The number of aromatic carboxylic acids is 1. The zero-order valence-corrected chi connectivity index (χ0v) is 10.2. The van der Waals surface area contributed by atoms with E-state index < -0.39 is 5.97 Å². The summed E-state index contributed by atoms with van der Waals surface area (Å²) in [6.45, 7) is 0. The van der Waals surface area contributed by atoms with Gasteiger partial charge in [0.2, 0.25) is 0 Å². The van der Waals surface area contributed by atoms with Crippen molar-refractivity contribution in [1.29, 1.82) is 0 Å². The first-order valence-electron chi connectivity index (χ1n) is 4.15. The normalized spacial score (nSPS) is 10.2. The second-order valence-electron chi connectivity index (χ2n) is 2.86. The summed E-state index contributed by atoms with van der Waals surface area (Å²) in [7, 11) is 0. The fourth-order valence-electron chi connectivity index (χ4n) is 1.15. The molecule has 0 atom stereocenters. The summed E-state index contributed by atoms with van der Waals surface area (Å²) in [5.74, 6) is -0.986. The molecule has 0 amide bonds. The number of nitrogens with zero attached hydrogens (tertiary/aromatic N) is 1. The third-order valence-corrected chi connectivity index (χ3v) is 3.55. The van der Waals surface area contributed by atoms with E-state index in [0.29, 0.717) is 0 Å². The van der Waals surface area contributed by atoms with Crippen molar-refractivity contribution in [1.82, 2.24) is 4.98 Å². The van der Waals surface area contributed by atoms with Crippen molar-refractivity contribution in [2.24, 2.45) is 0 Å². The summed E-state index contributed by atoms with van der Waals surface area (Å²) in [6.07, 6.45) is 0. The van der Waals surface area contributed by atoms with Gasteiger partial charge >= 0.3 is 99.3 Å². The SMILES string of the molecule is O=C(O)c1csc(-c2ccccc2[As])n1. The van der Waals surface area contributed by atoms with Crippen LogP contribution in [0.15, 0.2) is 29.6 Å². The predicted octanol–water partition coefficient (Wildman–Crippen LogP) is 1.30. The van der Waals surface area contributed by atoms with Gasteiger partial charge in [-0.2, -0.15) is 0 Å². The Hall–Kier alpha value is -1.12. The second-order valence-corrected chi connectivity index (χ2v) is 4.73. The van der Waals surface area contributed by atoms with Crippen molar-refractivity contribution in [2.75, 3.05) is 0 Å². The maximum atomic E-state index is 10.7. The molecule has 0 aliphatic carbocycles. The monoisotopic (exact) mass is 279 g/mol. The van der Waals surface area contributed by atoms with Gasteiger partial charge in [-0.05, 0) is 0 Å². The summed E-state index contributed by atoms with van der Waals surface area (Å²) >= 11 is 3.80. The zero-order chi connectivity index (χ0) is 10.8. The number of carboxylic acids is 1. The standard InChI is InChI=1S/C10H6AsNO2S/c11-7-4-2-1-3-6(7)9-12-8(5-15-9)10(13)14/h1-5H,(H,13,14). The Balaban J connectivity index is 2.46. The first-order chi connectivity index (χ1) is 7.18. The average Bonchev–Trinajstić information content (AvgIpc) is 2.67. The molecule has 0 unspecified atom stereocenters. The molecule has 1 aromatic carbocycles. The van der Waals surface area contributed by atoms with E-state index >= 15 is 0 Å². The topological polar surface area (TPSA) is 50.2 Å². The van der Waals surface area contributed by atoms with E-state index in [1.165, 1.54) is 11.3 Å². The molecule has 0 fully saturated rings. The summed E-state index contributed by atoms with van der Waals surface area (Å²) < 4.78 is 1.04. The summed E-state index contributed by atoms with van der Waals surface area (Å²) in [5, 5.41) is 11.0. The van der Waals surface area contributed by atoms with Gasteiger partial charge < -0.3 is 0 Å². The number of carbonyl (C=O) groups is 1. The number of aromatic nitrogens is 1. The van der Waals surface area contributed by atoms with Gasteiger partial charge in [0.1, 0.15) is 0 Å². The van der Waals surface area contributed by atoms with Crippen molar-refractivity contribution in [3.8, 4) is 10.6 Å². The molecule has 0 bridgehead atoms. The van der Waals surface area contributed by atoms with Crippen LogP contribution in [0.3, 0.4) is 0 Å². The molecule has 2 radical (unpaired) electrons. The second kappa shape index (κ2) is 4.17. The minimum atomic E-state index is -0.986. The van der Waals surface area contributed by atoms with Gasteiger partial charge in [0.05, 0.1) is 0 Å². The molecule has 2 rings (SSSR count). The van der Waals surface area contributed by atoms with Crippen molar-refractivity contribution in [3.63, 3.8) is 0 Å². The molecule has 0 saturated carbocycles. The first kappa shape index (κ1) is 10.4. The fraction of sp³-hybridized carbons (Fsp3) is 0. The van der Waals surface area contributed by atoms with Crippen molar-refractivity contribution < 1.29 is 9.90 Å². The molecular weight excluding hydrogens is 273 g/mol. The van der Waals surface area contributed by atoms with E-state index in [-0.39, 0.29) is 5.69 Å². The molecule has 15 heavy (non-hydrogen) atoms. The molecule has 1 heterocycles. The number of carboxylic acid groups (broad SMARTS) is 1. The van der Waals surface area contributed by atoms with Gasteiger partial charge in [-0.15, -0.1) is 0 Å². The summed E-state index contributed by atoms with van der Waals surface area (Å²) in [4.78, 5) is 14.7. The number of hydrogen-bond acceptors (Lipinski definition) is 3. The van der Waals surface area contributed by atoms with Gasteiger partial charge in [-0.1, -0.05) is 0 Å². The minimum absolute atomic E-state index is 0.103. The van der Waals surface area contributed by atoms with Crippen LogP contribution in [0.25, 0.3) is 10.6 Å². The van der Waals surface area contributed by atoms with Crippen LogP contribution < -0.4 is 4.35 Å². The van der Waals surface area contributed by atoms with E-state index in [0.717, 1.165) is 14.9 Å². The molecule has 3 nitrogen and oxygen atoms in total. The molecule has 5 heteroatoms. The number of thiazole rings is 1. The van der Waals surface area contributed by atoms with Crippen molar-refractivity contribution in [3.05, 3.63) is 35.3 Å². The Morgan fingerprint density at radius 2 is 2.13 bits per heavy atom. The number of benzene rings is 1. The molecule has 0 spiro atoms. The average molecular weight is 279 g/mol. The Morgan fingerprint density at radius 3 is 2.73 bits per heavy atom. The van der Waals surface area contributed by atoms with Crippen LogP contribution in [-0.4, -0.2) is 32.9 Å². The van der Waals surface area contributed by atoms with E-state index in [1.54, 1.807) is 5.38 Å². The van der Waals surface area contributed by atoms with Crippen LogP contribution >= 0.6 is 11.3 Å². The Bertz CT molecular complexity index is 510. The molecule has 0 aliphatic heterocycles. The summed E-state index contributed by atoms with van der Waals surface area (Å²) in [5.41, 5.74) is 1.07. The quantitative estimate of drug-likeness (QED) is 0.843. The number of rotatable bonds is 2. The molecule has 74 valence electrons. The van der Waals surface area contributed by atoms with Crippen LogP contribution in [0.5, 0.6) is 0 Å². The van der Waals surface area contributed by atoms with E-state index in [9.17, 15) is 4.79 Å². The summed E-state index contributed by atoms with van der Waals surface area (Å²) in [6, 6.07) is 7.73. The van der Waals surface area contributed by atoms with Crippen LogP contribution in [0.2, 0.25) is 0 Å². The molecule has 0 saturated heterocycles. The zero-order valence-electron chi connectivity index (χ0n) is 7.54. The molecular formula is C10H6AsNO2S. The van der Waals surface area contributed by atoms with Gasteiger partial charge in [0.25, 0.3) is 0 Å². The van der Waals surface area contributed by atoms with Gasteiger partial charge in [0, 0.05) is 0 Å². The predicted molar refractivity (Wildman–Crippen MR) is 59.9 cm³/mol. The molecule has 2 aromatic rings. The number of hydrogen-bond donors (Lipinski definition) is 1. The van der Waals surface area contributed by atoms with Crippen LogP contribution in [0, 0.1) is 0 Å². The molecule has 0 aliphatic rings.